The van der Waals surface area contributed by atoms with Crippen LogP contribution in [-0.2, 0) is 4.74 Å². The number of ether oxygens (including phenoxy) is 1. The zero-order valence-corrected chi connectivity index (χ0v) is 13.1. The molecule has 4 atom stereocenters. The molecule has 4 unspecified atom stereocenters. The quantitative estimate of drug-likeness (QED) is 0.814. The molecule has 0 aromatic rings. The molecule has 2 aliphatic rings. The van der Waals surface area contributed by atoms with E-state index in [9.17, 15) is 0 Å². The second-order valence-corrected chi connectivity index (χ2v) is 8.02. The molecule has 2 rings (SSSR count). The highest BCUT2D eigenvalue weighted by Gasteiger charge is 2.29. The molecule has 2 heterocycles. The molecule has 18 heavy (non-hydrogen) atoms. The van der Waals surface area contributed by atoms with Gasteiger partial charge in [-0.25, -0.2) is 0 Å². The van der Waals surface area contributed by atoms with Crippen molar-refractivity contribution in [1.82, 2.24) is 0 Å². The Kier molecular flexibility index (Phi) is 6.70. The maximum Gasteiger partial charge on any atom is 0.0576 e. The van der Waals surface area contributed by atoms with Crippen LogP contribution in [0.25, 0.3) is 0 Å². The smallest absolute Gasteiger partial charge is 0.0576 e. The van der Waals surface area contributed by atoms with Crippen molar-refractivity contribution in [3.63, 3.8) is 0 Å². The molecular formula is C14H27NOS2. The highest BCUT2D eigenvalue weighted by Crippen LogP contribution is 2.35. The van der Waals surface area contributed by atoms with Crippen LogP contribution in [0.4, 0.5) is 0 Å². The number of hydrogen-bond donors (Lipinski definition) is 1. The van der Waals surface area contributed by atoms with Crippen LogP contribution < -0.4 is 5.73 Å². The fraction of sp³-hybridized carbons (Fsp3) is 1.00. The standard InChI is InChI=1S/C14H27NOS2/c1-2-13-14(18-10-9-17-13)12(15)7-3-5-11-6-4-8-16-11/h11-14H,2-10,15H2,1H3. The highest BCUT2D eigenvalue weighted by molar-refractivity contribution is 8.07. The molecule has 2 aliphatic heterocycles. The van der Waals surface area contributed by atoms with Crippen molar-refractivity contribution in [3.05, 3.63) is 0 Å². The predicted molar refractivity (Wildman–Crippen MR) is 83.6 cm³/mol. The molecule has 0 bridgehead atoms. The Morgan fingerprint density at radius 2 is 2.17 bits per heavy atom. The molecule has 2 saturated heterocycles. The van der Waals surface area contributed by atoms with Gasteiger partial charge in [-0.1, -0.05) is 6.92 Å². The van der Waals surface area contributed by atoms with E-state index in [1.54, 1.807) is 0 Å². The monoisotopic (exact) mass is 289 g/mol. The van der Waals surface area contributed by atoms with Crippen molar-refractivity contribution in [3.8, 4) is 0 Å². The summed E-state index contributed by atoms with van der Waals surface area (Å²) in [5.41, 5.74) is 6.42. The Balaban J connectivity index is 1.67. The molecular weight excluding hydrogens is 262 g/mol. The van der Waals surface area contributed by atoms with Gasteiger partial charge in [0.2, 0.25) is 0 Å². The third-order valence-corrected chi connectivity index (χ3v) is 7.43. The highest BCUT2D eigenvalue weighted by atomic mass is 32.2. The number of rotatable bonds is 6. The van der Waals surface area contributed by atoms with Gasteiger partial charge in [0.1, 0.15) is 0 Å². The first-order valence-corrected chi connectivity index (χ1v) is 9.51. The molecule has 0 radical (unpaired) electrons. The van der Waals surface area contributed by atoms with E-state index < -0.39 is 0 Å². The van der Waals surface area contributed by atoms with Gasteiger partial charge in [-0.3, -0.25) is 0 Å². The molecule has 0 aliphatic carbocycles. The Labute approximate surface area is 120 Å². The largest absolute Gasteiger partial charge is 0.378 e. The van der Waals surface area contributed by atoms with Crippen LogP contribution in [0.2, 0.25) is 0 Å². The van der Waals surface area contributed by atoms with Crippen molar-refractivity contribution in [2.75, 3.05) is 18.1 Å². The van der Waals surface area contributed by atoms with Gasteiger partial charge >= 0.3 is 0 Å². The van der Waals surface area contributed by atoms with Crippen molar-refractivity contribution >= 4 is 23.5 Å². The van der Waals surface area contributed by atoms with Crippen LogP contribution in [0.15, 0.2) is 0 Å². The van der Waals surface area contributed by atoms with Gasteiger partial charge < -0.3 is 10.5 Å². The molecule has 0 saturated carbocycles. The third kappa shape index (κ3) is 4.32. The first kappa shape index (κ1) is 15.0. The molecule has 2 N–H and O–H groups in total. The van der Waals surface area contributed by atoms with Crippen molar-refractivity contribution in [2.45, 2.75) is 68.1 Å². The lowest BCUT2D eigenvalue weighted by molar-refractivity contribution is 0.101. The summed E-state index contributed by atoms with van der Waals surface area (Å²) < 4.78 is 5.67. The summed E-state index contributed by atoms with van der Waals surface area (Å²) in [6.07, 6.45) is 7.95. The first-order valence-electron chi connectivity index (χ1n) is 7.41. The Morgan fingerprint density at radius 3 is 2.89 bits per heavy atom. The summed E-state index contributed by atoms with van der Waals surface area (Å²) in [5.74, 6) is 2.59. The number of thioether (sulfide) groups is 2. The van der Waals surface area contributed by atoms with Crippen LogP contribution in [0.5, 0.6) is 0 Å². The lowest BCUT2D eigenvalue weighted by atomic mass is 10.0. The van der Waals surface area contributed by atoms with Gasteiger partial charge in [0.15, 0.2) is 0 Å². The van der Waals surface area contributed by atoms with E-state index in [0.717, 1.165) is 11.9 Å². The van der Waals surface area contributed by atoms with E-state index in [-0.39, 0.29) is 0 Å². The third-order valence-electron chi connectivity index (χ3n) is 4.00. The Bertz CT molecular complexity index is 234. The van der Waals surface area contributed by atoms with Gasteiger partial charge in [-0.05, 0) is 38.5 Å². The van der Waals surface area contributed by atoms with E-state index >= 15 is 0 Å². The molecule has 106 valence electrons. The summed E-state index contributed by atoms with van der Waals surface area (Å²) in [7, 11) is 0. The molecule has 0 spiro atoms. The molecule has 4 heteroatoms. The van der Waals surface area contributed by atoms with E-state index in [2.05, 4.69) is 30.4 Å². The minimum absolute atomic E-state index is 0.383. The van der Waals surface area contributed by atoms with Gasteiger partial charge in [-0.15, -0.1) is 0 Å². The fourth-order valence-corrected chi connectivity index (χ4v) is 6.19. The molecule has 0 aromatic heterocycles. The van der Waals surface area contributed by atoms with Crippen LogP contribution in [-0.4, -0.2) is 40.8 Å². The number of nitrogens with two attached hydrogens (primary N) is 1. The Morgan fingerprint density at radius 1 is 1.33 bits per heavy atom. The van der Waals surface area contributed by atoms with Crippen LogP contribution in [0.3, 0.4) is 0 Å². The van der Waals surface area contributed by atoms with E-state index in [0.29, 0.717) is 17.4 Å². The van der Waals surface area contributed by atoms with Crippen LogP contribution in [0, 0.1) is 0 Å². The van der Waals surface area contributed by atoms with Gasteiger partial charge in [0.05, 0.1) is 6.10 Å². The van der Waals surface area contributed by atoms with Crippen molar-refractivity contribution < 1.29 is 4.74 Å². The SMILES string of the molecule is CCC1SCCSC1C(N)CCCC1CCCO1. The zero-order valence-electron chi connectivity index (χ0n) is 11.5. The lowest BCUT2D eigenvalue weighted by Gasteiger charge is -2.34. The fourth-order valence-electron chi connectivity index (χ4n) is 2.95. The maximum absolute atomic E-state index is 6.42. The van der Waals surface area contributed by atoms with E-state index in [1.807, 2.05) is 0 Å². The summed E-state index contributed by atoms with van der Waals surface area (Å²) in [6, 6.07) is 0.383. The first-order chi connectivity index (χ1) is 8.81. The van der Waals surface area contributed by atoms with Crippen molar-refractivity contribution in [2.24, 2.45) is 5.73 Å². The average Bonchev–Trinajstić information content (AvgIpc) is 2.91. The van der Waals surface area contributed by atoms with Gasteiger partial charge in [0, 0.05) is 34.7 Å². The van der Waals surface area contributed by atoms with Crippen LogP contribution in [0.1, 0.15) is 45.4 Å². The van der Waals surface area contributed by atoms with Gasteiger partial charge in [-0.2, -0.15) is 23.5 Å². The van der Waals surface area contributed by atoms with Crippen molar-refractivity contribution in [1.29, 1.82) is 0 Å². The number of hydrogen-bond acceptors (Lipinski definition) is 4. The normalized spacial score (nSPS) is 34.7. The topological polar surface area (TPSA) is 35.2 Å². The lowest BCUT2D eigenvalue weighted by Crippen LogP contribution is -2.41. The Hall–Kier alpha value is 0.620. The molecule has 2 nitrogen and oxygen atoms in total. The summed E-state index contributed by atoms with van der Waals surface area (Å²) in [6.45, 7) is 3.28. The van der Waals surface area contributed by atoms with E-state index in [4.69, 9.17) is 10.5 Å². The average molecular weight is 290 g/mol. The minimum atomic E-state index is 0.383. The molecule has 2 fully saturated rings. The zero-order chi connectivity index (χ0) is 12.8. The second-order valence-electron chi connectivity index (χ2n) is 5.38. The van der Waals surface area contributed by atoms with Gasteiger partial charge in [0.25, 0.3) is 0 Å². The maximum atomic E-state index is 6.42. The summed E-state index contributed by atoms with van der Waals surface area (Å²) in [5, 5.41) is 1.46. The van der Waals surface area contributed by atoms with Crippen LogP contribution >= 0.6 is 23.5 Å². The second kappa shape index (κ2) is 8.03. The van der Waals surface area contributed by atoms with E-state index in [1.165, 1.54) is 50.0 Å². The predicted octanol–water partition coefficient (Wildman–Crippen LogP) is 3.29. The molecule has 0 amide bonds. The summed E-state index contributed by atoms with van der Waals surface area (Å²) in [4.78, 5) is 0. The minimum Gasteiger partial charge on any atom is -0.378 e. The molecule has 0 aromatic carbocycles. The summed E-state index contributed by atoms with van der Waals surface area (Å²) >= 11 is 4.24.